The summed E-state index contributed by atoms with van der Waals surface area (Å²) < 4.78 is 60.5. The maximum absolute atomic E-state index is 15.4. The summed E-state index contributed by atoms with van der Waals surface area (Å²) in [5.41, 5.74) is 2.24. The summed E-state index contributed by atoms with van der Waals surface area (Å²) in [6.07, 6.45) is 15.5. The lowest BCUT2D eigenvalue weighted by atomic mass is 9.68. The second-order valence-electron chi connectivity index (χ2n) is 12.6. The Kier molecular flexibility index (Phi) is 10.2. The molecule has 0 aromatic heterocycles. The predicted molar refractivity (Wildman–Crippen MR) is 165 cm³/mol. The van der Waals surface area contributed by atoms with E-state index in [4.69, 9.17) is 0 Å². The van der Waals surface area contributed by atoms with Crippen LogP contribution in [0.5, 0.6) is 0 Å². The maximum Gasteiger partial charge on any atom is 0.166 e. The Balaban J connectivity index is 1.24. The summed E-state index contributed by atoms with van der Waals surface area (Å²) in [6, 6.07) is 13.3. The molecule has 3 aromatic carbocycles. The van der Waals surface area contributed by atoms with Crippen LogP contribution in [0.4, 0.5) is 17.6 Å². The molecular formula is C38H44F4. The zero-order valence-electron chi connectivity index (χ0n) is 24.9. The van der Waals surface area contributed by atoms with Gasteiger partial charge in [0.25, 0.3) is 0 Å². The van der Waals surface area contributed by atoms with Crippen LogP contribution in [0.25, 0.3) is 22.3 Å². The molecule has 2 fully saturated rings. The molecule has 0 bridgehead atoms. The van der Waals surface area contributed by atoms with Crippen LogP contribution in [-0.2, 0) is 6.42 Å². The molecule has 0 nitrogen and oxygen atoms in total. The van der Waals surface area contributed by atoms with Gasteiger partial charge in [-0.25, -0.2) is 17.6 Å². The number of hydrogen-bond donors (Lipinski definition) is 0. The summed E-state index contributed by atoms with van der Waals surface area (Å²) in [5.74, 6) is -1.11. The molecule has 0 saturated heterocycles. The van der Waals surface area contributed by atoms with Crippen LogP contribution in [0.2, 0.25) is 0 Å². The van der Waals surface area contributed by atoms with Gasteiger partial charge < -0.3 is 0 Å². The Hall–Kier alpha value is -2.88. The fourth-order valence-electron chi connectivity index (χ4n) is 7.43. The Morgan fingerprint density at radius 3 is 1.74 bits per heavy atom. The molecular weight excluding hydrogens is 532 g/mol. The maximum atomic E-state index is 15.4. The van der Waals surface area contributed by atoms with Gasteiger partial charge in [-0.15, -0.1) is 6.58 Å². The van der Waals surface area contributed by atoms with Gasteiger partial charge in [0.2, 0.25) is 0 Å². The van der Waals surface area contributed by atoms with Crippen molar-refractivity contribution in [2.45, 2.75) is 96.3 Å². The minimum atomic E-state index is -0.864. The largest absolute Gasteiger partial charge is 0.203 e. The van der Waals surface area contributed by atoms with E-state index in [2.05, 4.69) is 19.6 Å². The van der Waals surface area contributed by atoms with Crippen LogP contribution in [-0.4, -0.2) is 0 Å². The predicted octanol–water partition coefficient (Wildman–Crippen LogP) is 12.0. The molecule has 0 radical (unpaired) electrons. The second-order valence-corrected chi connectivity index (χ2v) is 12.6. The smallest absolute Gasteiger partial charge is 0.166 e. The lowest BCUT2D eigenvalue weighted by molar-refractivity contribution is 0.171. The van der Waals surface area contributed by atoms with E-state index < -0.39 is 23.3 Å². The first-order valence-electron chi connectivity index (χ1n) is 16.1. The highest BCUT2D eigenvalue weighted by atomic mass is 19.2. The van der Waals surface area contributed by atoms with Gasteiger partial charge in [0, 0.05) is 11.1 Å². The minimum absolute atomic E-state index is 0.0455. The zero-order chi connectivity index (χ0) is 29.6. The van der Waals surface area contributed by atoms with Gasteiger partial charge in [0.05, 0.1) is 0 Å². The van der Waals surface area contributed by atoms with Crippen molar-refractivity contribution in [2.75, 3.05) is 0 Å². The fraction of sp³-hybridized carbons (Fsp3) is 0.474. The van der Waals surface area contributed by atoms with Crippen LogP contribution in [0.15, 0.2) is 61.2 Å². The number of allylic oxidation sites excluding steroid dienone is 1. The first-order valence-corrected chi connectivity index (χ1v) is 16.1. The van der Waals surface area contributed by atoms with E-state index >= 15 is 8.78 Å². The quantitative estimate of drug-likeness (QED) is 0.128. The van der Waals surface area contributed by atoms with Gasteiger partial charge >= 0.3 is 0 Å². The SMILES string of the molecule is C=CC1CCC(C2CCC(c3ccc(-c4ccc(-c5ccc(CCCCCC)c(F)c5F)cc4)c(F)c3F)CC2)CC1. The van der Waals surface area contributed by atoms with E-state index in [9.17, 15) is 8.78 Å². The molecule has 0 atom stereocenters. The zero-order valence-corrected chi connectivity index (χ0v) is 24.9. The molecule has 2 aliphatic carbocycles. The number of rotatable bonds is 10. The van der Waals surface area contributed by atoms with Crippen molar-refractivity contribution in [2.24, 2.45) is 17.8 Å². The van der Waals surface area contributed by atoms with Crippen molar-refractivity contribution < 1.29 is 17.6 Å². The van der Waals surface area contributed by atoms with Crippen LogP contribution in [0.3, 0.4) is 0 Å². The van der Waals surface area contributed by atoms with E-state index in [-0.39, 0.29) is 17.0 Å². The average molecular weight is 577 g/mol. The molecule has 224 valence electrons. The normalized spacial score (nSPS) is 22.7. The van der Waals surface area contributed by atoms with E-state index in [0.717, 1.165) is 57.3 Å². The Labute approximate surface area is 249 Å². The van der Waals surface area contributed by atoms with Crippen molar-refractivity contribution >= 4 is 0 Å². The first-order chi connectivity index (χ1) is 20.4. The fourth-order valence-corrected chi connectivity index (χ4v) is 7.43. The van der Waals surface area contributed by atoms with Crippen molar-refractivity contribution in [3.05, 3.63) is 95.6 Å². The summed E-state index contributed by atoms with van der Waals surface area (Å²) in [5, 5.41) is 0. The van der Waals surface area contributed by atoms with Crippen LogP contribution < -0.4 is 0 Å². The van der Waals surface area contributed by atoms with E-state index in [1.165, 1.54) is 25.7 Å². The summed E-state index contributed by atoms with van der Waals surface area (Å²) in [4.78, 5) is 0. The highest BCUT2D eigenvalue weighted by molar-refractivity contribution is 5.71. The van der Waals surface area contributed by atoms with Crippen molar-refractivity contribution in [3.8, 4) is 22.3 Å². The first kappa shape index (κ1) is 30.6. The molecule has 2 aliphatic rings. The topological polar surface area (TPSA) is 0 Å². The average Bonchev–Trinajstić information content (AvgIpc) is 3.03. The number of aryl methyl sites for hydroxylation is 1. The molecule has 42 heavy (non-hydrogen) atoms. The van der Waals surface area contributed by atoms with Gasteiger partial charge in [-0.2, -0.15) is 0 Å². The third-order valence-corrected chi connectivity index (χ3v) is 10.1. The molecule has 2 saturated carbocycles. The number of hydrogen-bond acceptors (Lipinski definition) is 0. The van der Waals surface area contributed by atoms with Crippen molar-refractivity contribution in [3.63, 3.8) is 0 Å². The van der Waals surface area contributed by atoms with Crippen molar-refractivity contribution in [1.82, 2.24) is 0 Å². The molecule has 0 N–H and O–H groups in total. The van der Waals surface area contributed by atoms with E-state index in [1.807, 2.05) is 0 Å². The van der Waals surface area contributed by atoms with E-state index in [0.29, 0.717) is 40.5 Å². The monoisotopic (exact) mass is 576 g/mol. The second kappa shape index (κ2) is 14.1. The molecule has 0 unspecified atom stereocenters. The van der Waals surface area contributed by atoms with Gasteiger partial charge in [0.1, 0.15) is 0 Å². The lowest BCUT2D eigenvalue weighted by Crippen LogP contribution is -2.25. The van der Waals surface area contributed by atoms with Gasteiger partial charge in [-0.05, 0) is 110 Å². The van der Waals surface area contributed by atoms with E-state index in [1.54, 1.807) is 48.5 Å². The third-order valence-electron chi connectivity index (χ3n) is 10.1. The molecule has 0 heterocycles. The summed E-state index contributed by atoms with van der Waals surface area (Å²) in [6.45, 7) is 6.06. The van der Waals surface area contributed by atoms with Gasteiger partial charge in [-0.1, -0.05) is 80.8 Å². The number of benzene rings is 3. The highest BCUT2D eigenvalue weighted by Gasteiger charge is 2.32. The Bertz CT molecular complexity index is 1340. The Morgan fingerprint density at radius 2 is 1.17 bits per heavy atom. The summed E-state index contributed by atoms with van der Waals surface area (Å²) in [7, 11) is 0. The molecule has 4 heteroatoms. The third kappa shape index (κ3) is 6.68. The van der Waals surface area contributed by atoms with Crippen LogP contribution >= 0.6 is 0 Å². The van der Waals surface area contributed by atoms with Gasteiger partial charge in [0.15, 0.2) is 23.3 Å². The lowest BCUT2D eigenvalue weighted by Gasteiger charge is -2.37. The van der Waals surface area contributed by atoms with Gasteiger partial charge in [-0.3, -0.25) is 0 Å². The highest BCUT2D eigenvalue weighted by Crippen LogP contribution is 2.45. The number of halogens is 4. The van der Waals surface area contributed by atoms with Crippen LogP contribution in [0.1, 0.15) is 101 Å². The molecule has 3 aromatic rings. The standard InChI is InChI=1S/C38H44F4/c1-3-5-6-7-8-31-21-22-32(36(40)35(31)39)29-17-19-30(20-18-29)34-24-23-33(37(41)38(34)42)28-15-13-27(14-16-28)26-11-9-25(4-2)10-12-26/h4,17-28H,2-3,5-16H2,1H3. The minimum Gasteiger partial charge on any atom is -0.203 e. The van der Waals surface area contributed by atoms with Crippen molar-refractivity contribution in [1.29, 1.82) is 0 Å². The molecule has 0 amide bonds. The summed E-state index contributed by atoms with van der Waals surface area (Å²) >= 11 is 0. The molecule has 5 rings (SSSR count). The number of unbranched alkanes of at least 4 members (excludes halogenated alkanes) is 3. The Morgan fingerprint density at radius 1 is 0.619 bits per heavy atom. The molecule has 0 spiro atoms. The van der Waals surface area contributed by atoms with Crippen LogP contribution in [0, 0.1) is 41.0 Å². The molecule has 0 aliphatic heterocycles.